The maximum Gasteiger partial charge on any atom is 0.573 e. The average Bonchev–Trinajstić information content (AvgIpc) is 2.25. The molecule has 0 aliphatic rings. The first kappa shape index (κ1) is 16.6. The molecule has 20 heavy (non-hydrogen) atoms. The molecule has 0 saturated heterocycles. The SMILES string of the molecule is O=C(O)Cc1cnc(C(F)F)c(OC(F)(F)F)c1CBr. The van der Waals surface area contributed by atoms with E-state index < -0.39 is 36.6 Å². The topological polar surface area (TPSA) is 59.4 Å². The number of ether oxygens (including phenoxy) is 1. The van der Waals surface area contributed by atoms with Crippen molar-refractivity contribution in [3.8, 4) is 5.75 Å². The monoisotopic (exact) mass is 363 g/mol. The van der Waals surface area contributed by atoms with E-state index in [0.717, 1.165) is 6.20 Å². The Morgan fingerprint density at radius 3 is 2.45 bits per heavy atom. The number of rotatable bonds is 5. The quantitative estimate of drug-likeness (QED) is 0.643. The van der Waals surface area contributed by atoms with Crippen LogP contribution in [0.15, 0.2) is 6.20 Å². The van der Waals surface area contributed by atoms with E-state index in [9.17, 15) is 26.7 Å². The summed E-state index contributed by atoms with van der Waals surface area (Å²) >= 11 is 2.83. The smallest absolute Gasteiger partial charge is 0.481 e. The summed E-state index contributed by atoms with van der Waals surface area (Å²) in [4.78, 5) is 13.8. The van der Waals surface area contributed by atoms with Crippen LogP contribution >= 0.6 is 15.9 Å². The number of carbonyl (C=O) groups is 1. The third-order valence-electron chi connectivity index (χ3n) is 2.15. The van der Waals surface area contributed by atoms with Crippen LogP contribution in [0.5, 0.6) is 5.75 Å². The molecule has 0 aromatic carbocycles. The molecule has 0 atom stereocenters. The minimum absolute atomic E-state index is 0.141. The summed E-state index contributed by atoms with van der Waals surface area (Å²) in [5, 5.41) is 8.35. The first-order valence-corrected chi connectivity index (χ1v) is 6.10. The van der Waals surface area contributed by atoms with Gasteiger partial charge in [-0.1, -0.05) is 15.9 Å². The number of halogens is 6. The Morgan fingerprint density at radius 2 is 2.05 bits per heavy atom. The highest BCUT2D eigenvalue weighted by Crippen LogP contribution is 2.37. The molecule has 1 N–H and O–H groups in total. The summed E-state index contributed by atoms with van der Waals surface area (Å²) in [5.41, 5.74) is -1.65. The second-order valence-electron chi connectivity index (χ2n) is 3.53. The fourth-order valence-electron chi connectivity index (χ4n) is 1.43. The van der Waals surface area contributed by atoms with Crippen molar-refractivity contribution < 1.29 is 36.6 Å². The predicted octanol–water partition coefficient (Wildman–Crippen LogP) is 3.44. The number of aliphatic carboxylic acids is 1. The van der Waals surface area contributed by atoms with Gasteiger partial charge < -0.3 is 9.84 Å². The fraction of sp³-hybridized carbons (Fsp3) is 0.400. The highest BCUT2D eigenvalue weighted by molar-refractivity contribution is 9.08. The maximum atomic E-state index is 12.7. The highest BCUT2D eigenvalue weighted by atomic mass is 79.9. The molecule has 112 valence electrons. The Morgan fingerprint density at radius 1 is 1.45 bits per heavy atom. The molecule has 10 heteroatoms. The Labute approximate surface area is 117 Å². The van der Waals surface area contributed by atoms with Gasteiger partial charge >= 0.3 is 12.3 Å². The number of aromatic nitrogens is 1. The first-order chi connectivity index (χ1) is 9.15. The number of carboxylic acids is 1. The van der Waals surface area contributed by atoms with Gasteiger partial charge in [0.05, 0.1) is 6.42 Å². The molecule has 1 aromatic rings. The molecule has 0 amide bonds. The van der Waals surface area contributed by atoms with Crippen LogP contribution in [-0.2, 0) is 16.5 Å². The van der Waals surface area contributed by atoms with Gasteiger partial charge in [0.1, 0.15) is 5.69 Å². The van der Waals surface area contributed by atoms with Gasteiger partial charge in [-0.3, -0.25) is 9.78 Å². The van der Waals surface area contributed by atoms with E-state index in [1.807, 2.05) is 0 Å². The van der Waals surface area contributed by atoms with Gasteiger partial charge in [-0.25, -0.2) is 8.78 Å². The van der Waals surface area contributed by atoms with Crippen molar-refractivity contribution in [3.63, 3.8) is 0 Å². The van der Waals surface area contributed by atoms with Crippen LogP contribution in [0, 0.1) is 0 Å². The molecule has 0 aliphatic carbocycles. The highest BCUT2D eigenvalue weighted by Gasteiger charge is 2.35. The van der Waals surface area contributed by atoms with E-state index in [4.69, 9.17) is 5.11 Å². The summed E-state index contributed by atoms with van der Waals surface area (Å²) in [5.74, 6) is -2.50. The minimum Gasteiger partial charge on any atom is -0.481 e. The molecule has 1 rings (SSSR count). The minimum atomic E-state index is -5.19. The Hall–Kier alpha value is -1.45. The van der Waals surface area contributed by atoms with Crippen LogP contribution in [0.1, 0.15) is 23.2 Å². The van der Waals surface area contributed by atoms with E-state index in [-0.39, 0.29) is 16.5 Å². The predicted molar refractivity (Wildman–Crippen MR) is 59.8 cm³/mol. The molecular weight excluding hydrogens is 357 g/mol. The number of hydrogen-bond donors (Lipinski definition) is 1. The zero-order chi connectivity index (χ0) is 15.5. The molecule has 0 fully saturated rings. The first-order valence-electron chi connectivity index (χ1n) is 4.98. The molecule has 4 nitrogen and oxygen atoms in total. The van der Waals surface area contributed by atoms with Gasteiger partial charge in [0.25, 0.3) is 6.43 Å². The largest absolute Gasteiger partial charge is 0.573 e. The average molecular weight is 364 g/mol. The van der Waals surface area contributed by atoms with Crippen LogP contribution < -0.4 is 4.74 Å². The van der Waals surface area contributed by atoms with Crippen molar-refractivity contribution >= 4 is 21.9 Å². The molecule has 0 unspecified atom stereocenters. The van der Waals surface area contributed by atoms with Crippen molar-refractivity contribution in [1.29, 1.82) is 0 Å². The zero-order valence-electron chi connectivity index (χ0n) is 9.55. The summed E-state index contributed by atoms with van der Waals surface area (Å²) in [6.45, 7) is 0. The van der Waals surface area contributed by atoms with Gasteiger partial charge in [-0.05, 0) is 5.56 Å². The van der Waals surface area contributed by atoms with E-state index >= 15 is 0 Å². The third-order valence-corrected chi connectivity index (χ3v) is 2.71. The molecule has 0 saturated carbocycles. The number of hydrogen-bond acceptors (Lipinski definition) is 3. The van der Waals surface area contributed by atoms with Crippen molar-refractivity contribution in [2.24, 2.45) is 0 Å². The maximum absolute atomic E-state index is 12.7. The van der Waals surface area contributed by atoms with Crippen LogP contribution in [0.3, 0.4) is 0 Å². The second kappa shape index (κ2) is 6.33. The van der Waals surface area contributed by atoms with Crippen LogP contribution in [0.4, 0.5) is 22.0 Å². The molecule has 0 aliphatic heterocycles. The van der Waals surface area contributed by atoms with Gasteiger partial charge in [-0.2, -0.15) is 0 Å². The van der Waals surface area contributed by atoms with E-state index in [1.54, 1.807) is 0 Å². The van der Waals surface area contributed by atoms with Crippen LogP contribution in [0.25, 0.3) is 0 Å². The Kier molecular flexibility index (Phi) is 5.26. The van der Waals surface area contributed by atoms with E-state index in [2.05, 4.69) is 25.7 Å². The number of alkyl halides is 6. The molecule has 1 heterocycles. The lowest BCUT2D eigenvalue weighted by molar-refractivity contribution is -0.275. The zero-order valence-corrected chi connectivity index (χ0v) is 11.1. The third kappa shape index (κ3) is 4.29. The summed E-state index contributed by atoms with van der Waals surface area (Å²) < 4.78 is 65.7. The van der Waals surface area contributed by atoms with Crippen molar-refractivity contribution in [1.82, 2.24) is 4.98 Å². The Balaban J connectivity index is 3.41. The number of pyridine rings is 1. The van der Waals surface area contributed by atoms with Gasteiger partial charge in [0, 0.05) is 17.1 Å². The molecule has 0 spiro atoms. The van der Waals surface area contributed by atoms with Crippen molar-refractivity contribution in [3.05, 3.63) is 23.0 Å². The lowest BCUT2D eigenvalue weighted by atomic mass is 10.1. The van der Waals surface area contributed by atoms with E-state index in [0.29, 0.717) is 0 Å². The summed E-state index contributed by atoms with van der Waals surface area (Å²) in [6, 6.07) is 0. The molecule has 0 radical (unpaired) electrons. The summed E-state index contributed by atoms with van der Waals surface area (Å²) in [6.07, 6.45) is -8.34. The fourth-order valence-corrected chi connectivity index (χ4v) is 2.05. The molecule has 0 bridgehead atoms. The molecule has 1 aromatic heterocycles. The van der Waals surface area contributed by atoms with Crippen LogP contribution in [0.2, 0.25) is 0 Å². The van der Waals surface area contributed by atoms with Gasteiger partial charge in [0.15, 0.2) is 5.75 Å². The van der Waals surface area contributed by atoms with Crippen LogP contribution in [-0.4, -0.2) is 22.4 Å². The normalized spacial score (nSPS) is 11.8. The standard InChI is InChI=1S/C10H7BrF5NO3/c11-2-5-4(1-6(18)19)3-17-7(9(12)13)8(5)20-10(14,15)16/h3,9H,1-2H2,(H,18,19). The van der Waals surface area contributed by atoms with Crippen molar-refractivity contribution in [2.45, 2.75) is 24.5 Å². The molecular formula is C10H7BrF5NO3. The number of nitrogens with zero attached hydrogens (tertiary/aromatic N) is 1. The van der Waals surface area contributed by atoms with Crippen molar-refractivity contribution in [2.75, 3.05) is 0 Å². The lowest BCUT2D eigenvalue weighted by Gasteiger charge is -2.17. The number of carboxylic acid groups (broad SMARTS) is 1. The van der Waals surface area contributed by atoms with Gasteiger partial charge in [-0.15, -0.1) is 13.2 Å². The van der Waals surface area contributed by atoms with E-state index in [1.165, 1.54) is 0 Å². The van der Waals surface area contributed by atoms with Gasteiger partial charge in [0.2, 0.25) is 0 Å². The lowest BCUT2D eigenvalue weighted by Crippen LogP contribution is -2.20. The second-order valence-corrected chi connectivity index (χ2v) is 4.09. The Bertz CT molecular complexity index is 506. The summed E-state index contributed by atoms with van der Waals surface area (Å²) in [7, 11) is 0.